The number of ether oxygens (including phenoxy) is 1. The summed E-state index contributed by atoms with van der Waals surface area (Å²) < 4.78 is 43.1. The summed E-state index contributed by atoms with van der Waals surface area (Å²) in [5.41, 5.74) is -0.739. The van der Waals surface area contributed by atoms with Crippen molar-refractivity contribution in [2.45, 2.75) is 38.1 Å². The van der Waals surface area contributed by atoms with E-state index in [1.54, 1.807) is 0 Å². The lowest BCUT2D eigenvalue weighted by atomic mass is 10.1. The molecule has 0 aromatic heterocycles. The highest BCUT2D eigenvalue weighted by Crippen LogP contribution is 2.30. The van der Waals surface area contributed by atoms with E-state index in [4.69, 9.17) is 4.74 Å². The van der Waals surface area contributed by atoms with Gasteiger partial charge in [0, 0.05) is 32.2 Å². The van der Waals surface area contributed by atoms with E-state index in [0.717, 1.165) is 44.6 Å². The van der Waals surface area contributed by atoms with Crippen LogP contribution in [-0.4, -0.2) is 67.4 Å². The van der Waals surface area contributed by atoms with Crippen molar-refractivity contribution < 1.29 is 23.0 Å². The first-order valence-electron chi connectivity index (χ1n) is 10.2. The van der Waals surface area contributed by atoms with Gasteiger partial charge in [-0.05, 0) is 44.0 Å². The van der Waals surface area contributed by atoms with Crippen molar-refractivity contribution >= 4 is 5.96 Å². The van der Waals surface area contributed by atoms with Gasteiger partial charge in [0.25, 0.3) is 0 Å². The summed E-state index contributed by atoms with van der Waals surface area (Å²) in [4.78, 5) is 6.75. The van der Waals surface area contributed by atoms with Crippen molar-refractivity contribution in [3.63, 3.8) is 0 Å². The Bertz CT molecular complexity index is 672. The molecule has 9 heteroatoms. The van der Waals surface area contributed by atoms with Crippen LogP contribution in [0, 0.1) is 0 Å². The van der Waals surface area contributed by atoms with Gasteiger partial charge in [-0.15, -0.1) is 6.58 Å². The number of benzene rings is 1. The third kappa shape index (κ3) is 8.23. The average Bonchev–Trinajstić information content (AvgIpc) is 2.72. The van der Waals surface area contributed by atoms with Crippen LogP contribution in [0.5, 0.6) is 5.75 Å². The van der Waals surface area contributed by atoms with Crippen LogP contribution in [0.3, 0.4) is 0 Å². The number of likely N-dealkylation sites (tertiary alicyclic amines) is 1. The SMILES string of the molecule is C=CCN1CCC(NC(=NCC(O)COc2ccc(C(F)(F)F)cc2)NCC)CC1. The van der Waals surface area contributed by atoms with Crippen molar-refractivity contribution in [2.75, 3.05) is 39.3 Å². The first kappa shape index (κ1) is 24.0. The van der Waals surface area contributed by atoms with Gasteiger partial charge >= 0.3 is 6.18 Å². The summed E-state index contributed by atoms with van der Waals surface area (Å²) in [6.07, 6.45) is -1.36. The molecule has 30 heavy (non-hydrogen) atoms. The van der Waals surface area contributed by atoms with Crippen LogP contribution in [-0.2, 0) is 6.18 Å². The highest BCUT2D eigenvalue weighted by molar-refractivity contribution is 5.80. The molecule has 2 rings (SSSR count). The maximum atomic E-state index is 12.6. The molecule has 0 bridgehead atoms. The van der Waals surface area contributed by atoms with Crippen molar-refractivity contribution in [3.8, 4) is 5.75 Å². The van der Waals surface area contributed by atoms with Gasteiger partial charge in [-0.25, -0.2) is 0 Å². The Kier molecular flexibility index (Phi) is 9.45. The molecule has 1 aromatic rings. The van der Waals surface area contributed by atoms with Gasteiger partial charge in [-0.3, -0.25) is 9.89 Å². The molecule has 1 fully saturated rings. The molecule has 1 aromatic carbocycles. The van der Waals surface area contributed by atoms with Crippen molar-refractivity contribution in [1.82, 2.24) is 15.5 Å². The molecular formula is C21H31F3N4O2. The fraction of sp³-hybridized carbons (Fsp3) is 0.571. The number of halogens is 3. The van der Waals surface area contributed by atoms with Crippen LogP contribution >= 0.6 is 0 Å². The second-order valence-electron chi connectivity index (χ2n) is 7.21. The van der Waals surface area contributed by atoms with Gasteiger partial charge in [-0.2, -0.15) is 13.2 Å². The van der Waals surface area contributed by atoms with Crippen LogP contribution in [0.4, 0.5) is 13.2 Å². The van der Waals surface area contributed by atoms with Gasteiger partial charge in [0.05, 0.1) is 12.1 Å². The Hall–Kier alpha value is -2.26. The van der Waals surface area contributed by atoms with Crippen molar-refractivity contribution in [2.24, 2.45) is 4.99 Å². The summed E-state index contributed by atoms with van der Waals surface area (Å²) in [6, 6.07) is 4.69. The number of rotatable bonds is 9. The van der Waals surface area contributed by atoms with E-state index in [2.05, 4.69) is 27.1 Å². The molecule has 0 amide bonds. The van der Waals surface area contributed by atoms with E-state index in [0.29, 0.717) is 18.5 Å². The van der Waals surface area contributed by atoms with Crippen LogP contribution in [0.15, 0.2) is 41.9 Å². The number of aliphatic hydroxyl groups is 1. The zero-order valence-electron chi connectivity index (χ0n) is 17.3. The third-order valence-electron chi connectivity index (χ3n) is 4.74. The first-order chi connectivity index (χ1) is 14.3. The summed E-state index contributed by atoms with van der Waals surface area (Å²) in [7, 11) is 0. The van der Waals surface area contributed by atoms with Crippen LogP contribution in [0.2, 0.25) is 0 Å². The second kappa shape index (κ2) is 11.8. The number of aliphatic imine (C=N–C) groups is 1. The number of nitrogens with one attached hydrogen (secondary N) is 2. The van der Waals surface area contributed by atoms with Gasteiger partial charge in [-0.1, -0.05) is 6.08 Å². The molecule has 1 atom stereocenters. The Labute approximate surface area is 175 Å². The van der Waals surface area contributed by atoms with E-state index in [9.17, 15) is 18.3 Å². The molecule has 1 heterocycles. The van der Waals surface area contributed by atoms with Gasteiger partial charge in [0.2, 0.25) is 0 Å². The normalized spacial score (nSPS) is 17.4. The second-order valence-corrected chi connectivity index (χ2v) is 7.21. The first-order valence-corrected chi connectivity index (χ1v) is 10.2. The monoisotopic (exact) mass is 428 g/mol. The summed E-state index contributed by atoms with van der Waals surface area (Å²) in [5, 5.41) is 16.7. The lowest BCUT2D eigenvalue weighted by molar-refractivity contribution is -0.137. The lowest BCUT2D eigenvalue weighted by Crippen LogP contribution is -2.49. The van der Waals surface area contributed by atoms with Crippen LogP contribution in [0.1, 0.15) is 25.3 Å². The Morgan fingerprint density at radius 3 is 2.57 bits per heavy atom. The molecule has 168 valence electrons. The van der Waals surface area contributed by atoms with E-state index >= 15 is 0 Å². The number of aliphatic hydroxyl groups excluding tert-OH is 1. The van der Waals surface area contributed by atoms with Gasteiger partial charge in [0.1, 0.15) is 18.5 Å². The Morgan fingerprint density at radius 2 is 2.00 bits per heavy atom. The summed E-state index contributed by atoms with van der Waals surface area (Å²) in [5.74, 6) is 0.899. The number of hydrogen-bond acceptors (Lipinski definition) is 4. The maximum Gasteiger partial charge on any atom is 0.416 e. The quantitative estimate of drug-likeness (QED) is 0.321. The van der Waals surface area contributed by atoms with E-state index in [-0.39, 0.29) is 18.9 Å². The van der Waals surface area contributed by atoms with E-state index in [1.807, 2.05) is 13.0 Å². The van der Waals surface area contributed by atoms with Crippen molar-refractivity contribution in [1.29, 1.82) is 0 Å². The zero-order valence-corrected chi connectivity index (χ0v) is 17.3. The van der Waals surface area contributed by atoms with E-state index < -0.39 is 17.8 Å². The Balaban J connectivity index is 1.79. The maximum absolute atomic E-state index is 12.6. The number of nitrogens with zero attached hydrogens (tertiary/aromatic N) is 2. The minimum absolute atomic E-state index is 0.0613. The van der Waals surface area contributed by atoms with Crippen LogP contribution < -0.4 is 15.4 Å². The minimum Gasteiger partial charge on any atom is -0.491 e. The number of piperidine rings is 1. The predicted molar refractivity (Wildman–Crippen MR) is 112 cm³/mol. The minimum atomic E-state index is -4.38. The molecule has 6 nitrogen and oxygen atoms in total. The molecule has 0 radical (unpaired) electrons. The number of hydrogen-bond donors (Lipinski definition) is 3. The average molecular weight is 428 g/mol. The molecule has 0 aliphatic carbocycles. The fourth-order valence-corrected chi connectivity index (χ4v) is 3.14. The smallest absolute Gasteiger partial charge is 0.416 e. The number of guanidine groups is 1. The van der Waals surface area contributed by atoms with Gasteiger partial charge < -0.3 is 20.5 Å². The molecule has 1 aliphatic heterocycles. The third-order valence-corrected chi connectivity index (χ3v) is 4.74. The lowest BCUT2D eigenvalue weighted by Gasteiger charge is -2.32. The van der Waals surface area contributed by atoms with E-state index in [1.165, 1.54) is 12.1 Å². The highest BCUT2D eigenvalue weighted by atomic mass is 19.4. The summed E-state index contributed by atoms with van der Waals surface area (Å²) in [6.45, 7) is 9.37. The Morgan fingerprint density at radius 1 is 1.33 bits per heavy atom. The molecule has 1 unspecified atom stereocenters. The fourth-order valence-electron chi connectivity index (χ4n) is 3.14. The molecule has 0 saturated carbocycles. The van der Waals surface area contributed by atoms with Crippen molar-refractivity contribution in [3.05, 3.63) is 42.5 Å². The van der Waals surface area contributed by atoms with Gasteiger partial charge in [0.15, 0.2) is 5.96 Å². The molecular weight excluding hydrogens is 397 g/mol. The summed E-state index contributed by atoms with van der Waals surface area (Å²) >= 11 is 0. The van der Waals surface area contributed by atoms with Crippen LogP contribution in [0.25, 0.3) is 0 Å². The highest BCUT2D eigenvalue weighted by Gasteiger charge is 2.30. The standard InChI is InChI=1S/C21H31F3N4O2/c1-3-11-28-12-9-17(10-13-28)27-20(25-4-2)26-14-18(29)15-30-19-7-5-16(6-8-19)21(22,23)24/h3,5-8,17-18,29H,1,4,9-15H2,2H3,(H2,25,26,27). The number of alkyl halides is 3. The molecule has 1 saturated heterocycles. The predicted octanol–water partition coefficient (Wildman–Crippen LogP) is 2.65. The largest absolute Gasteiger partial charge is 0.491 e. The zero-order chi connectivity index (χ0) is 22.0. The molecule has 1 aliphatic rings. The molecule has 3 N–H and O–H groups in total. The topological polar surface area (TPSA) is 69.1 Å². The molecule has 0 spiro atoms.